The quantitative estimate of drug-likeness (QED) is 0.589. The van der Waals surface area contributed by atoms with Gasteiger partial charge in [0.15, 0.2) is 0 Å². The van der Waals surface area contributed by atoms with Crippen molar-refractivity contribution >= 4 is 5.84 Å². The van der Waals surface area contributed by atoms with Gasteiger partial charge in [0.1, 0.15) is 11.6 Å². The Morgan fingerprint density at radius 1 is 1.50 bits per heavy atom. The first kappa shape index (κ1) is 11.0. The maximum atomic E-state index is 7.48. The number of nitrogen functional groups attached to an aromatic ring is 1. The second-order valence-corrected chi connectivity index (χ2v) is 4.49. The van der Waals surface area contributed by atoms with Crippen LogP contribution in [0.4, 0.5) is 0 Å². The molecule has 1 saturated carbocycles. The minimum Gasteiger partial charge on any atom is -0.493 e. The number of rotatable bonds is 5. The van der Waals surface area contributed by atoms with E-state index in [1.807, 2.05) is 25.1 Å². The molecular formula is C13H18N2O. The van der Waals surface area contributed by atoms with Crippen molar-refractivity contribution in [1.82, 2.24) is 0 Å². The summed E-state index contributed by atoms with van der Waals surface area (Å²) in [6.07, 6.45) is 3.80. The topological polar surface area (TPSA) is 59.1 Å². The Balaban J connectivity index is 2.03. The third-order valence-electron chi connectivity index (χ3n) is 2.91. The average molecular weight is 218 g/mol. The largest absolute Gasteiger partial charge is 0.493 e. The molecule has 3 heteroatoms. The standard InChI is InChI=1S/C13H18N2O/c1-9-2-5-11(13(14)15)12(8-9)16-7-6-10-3-4-10/h2,5,8,10H,3-4,6-7H2,1H3,(H3,14,15). The lowest BCUT2D eigenvalue weighted by Crippen LogP contribution is -2.13. The lowest BCUT2D eigenvalue weighted by molar-refractivity contribution is 0.301. The molecule has 0 atom stereocenters. The van der Waals surface area contributed by atoms with Crippen LogP contribution in [0.15, 0.2) is 18.2 Å². The molecule has 1 aliphatic rings. The third kappa shape index (κ3) is 2.75. The predicted molar refractivity (Wildman–Crippen MR) is 65.0 cm³/mol. The lowest BCUT2D eigenvalue weighted by Gasteiger charge is -2.11. The third-order valence-corrected chi connectivity index (χ3v) is 2.91. The number of nitrogens with two attached hydrogens (primary N) is 1. The summed E-state index contributed by atoms with van der Waals surface area (Å²) in [4.78, 5) is 0. The van der Waals surface area contributed by atoms with Crippen molar-refractivity contribution in [3.8, 4) is 5.75 Å². The van der Waals surface area contributed by atoms with Gasteiger partial charge in [-0.15, -0.1) is 0 Å². The first-order valence-electron chi connectivity index (χ1n) is 5.74. The van der Waals surface area contributed by atoms with Crippen LogP contribution in [0.2, 0.25) is 0 Å². The molecule has 0 heterocycles. The van der Waals surface area contributed by atoms with E-state index >= 15 is 0 Å². The van der Waals surface area contributed by atoms with E-state index < -0.39 is 0 Å². The van der Waals surface area contributed by atoms with Crippen molar-refractivity contribution < 1.29 is 4.74 Å². The van der Waals surface area contributed by atoms with Crippen LogP contribution in [0.1, 0.15) is 30.4 Å². The number of benzene rings is 1. The van der Waals surface area contributed by atoms with E-state index in [0.29, 0.717) is 5.56 Å². The fourth-order valence-corrected chi connectivity index (χ4v) is 1.71. The van der Waals surface area contributed by atoms with Gasteiger partial charge in [-0.25, -0.2) is 0 Å². The van der Waals surface area contributed by atoms with Crippen LogP contribution in [-0.2, 0) is 0 Å². The van der Waals surface area contributed by atoms with E-state index in [-0.39, 0.29) is 5.84 Å². The number of amidine groups is 1. The minimum absolute atomic E-state index is 0.0708. The summed E-state index contributed by atoms with van der Waals surface area (Å²) >= 11 is 0. The molecule has 1 fully saturated rings. The highest BCUT2D eigenvalue weighted by Crippen LogP contribution is 2.32. The summed E-state index contributed by atoms with van der Waals surface area (Å²) < 4.78 is 5.71. The molecule has 1 aliphatic carbocycles. The van der Waals surface area contributed by atoms with E-state index in [9.17, 15) is 0 Å². The molecule has 3 nitrogen and oxygen atoms in total. The Morgan fingerprint density at radius 2 is 2.25 bits per heavy atom. The zero-order valence-corrected chi connectivity index (χ0v) is 9.62. The normalized spacial score (nSPS) is 14.8. The molecule has 86 valence electrons. The van der Waals surface area contributed by atoms with Gasteiger partial charge in [-0.2, -0.15) is 0 Å². The van der Waals surface area contributed by atoms with E-state index in [2.05, 4.69) is 0 Å². The Bertz CT molecular complexity index is 397. The van der Waals surface area contributed by atoms with Gasteiger partial charge in [0.05, 0.1) is 12.2 Å². The molecule has 0 saturated heterocycles. The smallest absolute Gasteiger partial charge is 0.130 e. The van der Waals surface area contributed by atoms with Gasteiger partial charge in [0.2, 0.25) is 0 Å². The summed E-state index contributed by atoms with van der Waals surface area (Å²) in [5.41, 5.74) is 7.34. The Hall–Kier alpha value is -1.51. The first-order chi connectivity index (χ1) is 7.66. The molecule has 3 N–H and O–H groups in total. The number of aryl methyl sites for hydroxylation is 1. The highest BCUT2D eigenvalue weighted by Gasteiger charge is 2.21. The van der Waals surface area contributed by atoms with E-state index in [1.54, 1.807) is 0 Å². The van der Waals surface area contributed by atoms with Crippen molar-refractivity contribution in [3.05, 3.63) is 29.3 Å². The Morgan fingerprint density at radius 3 is 2.88 bits per heavy atom. The van der Waals surface area contributed by atoms with Crippen molar-refractivity contribution in [3.63, 3.8) is 0 Å². The van der Waals surface area contributed by atoms with Gasteiger partial charge in [0.25, 0.3) is 0 Å². The number of nitrogens with one attached hydrogen (secondary N) is 1. The zero-order chi connectivity index (χ0) is 11.5. The Labute approximate surface area is 96.1 Å². The second-order valence-electron chi connectivity index (χ2n) is 4.49. The molecule has 0 amide bonds. The molecule has 1 aromatic rings. The van der Waals surface area contributed by atoms with Gasteiger partial charge in [-0.3, -0.25) is 5.41 Å². The summed E-state index contributed by atoms with van der Waals surface area (Å²) in [6, 6.07) is 5.75. The van der Waals surface area contributed by atoms with Crippen LogP contribution < -0.4 is 10.5 Å². The molecule has 2 rings (SSSR count). The molecular weight excluding hydrogens is 200 g/mol. The molecule has 0 spiro atoms. The van der Waals surface area contributed by atoms with Gasteiger partial charge < -0.3 is 10.5 Å². The molecule has 0 aliphatic heterocycles. The van der Waals surface area contributed by atoms with Crippen LogP contribution in [0, 0.1) is 18.3 Å². The van der Waals surface area contributed by atoms with Gasteiger partial charge in [0, 0.05) is 0 Å². The first-order valence-corrected chi connectivity index (χ1v) is 5.74. The summed E-state index contributed by atoms with van der Waals surface area (Å²) in [5, 5.41) is 7.48. The zero-order valence-electron chi connectivity index (χ0n) is 9.62. The fraction of sp³-hybridized carbons (Fsp3) is 0.462. The fourth-order valence-electron chi connectivity index (χ4n) is 1.71. The van der Waals surface area contributed by atoms with Crippen LogP contribution in [0.5, 0.6) is 5.75 Å². The van der Waals surface area contributed by atoms with Gasteiger partial charge >= 0.3 is 0 Å². The predicted octanol–water partition coefficient (Wildman–Crippen LogP) is 2.46. The van der Waals surface area contributed by atoms with E-state index in [0.717, 1.165) is 30.3 Å². The second kappa shape index (κ2) is 4.56. The van der Waals surface area contributed by atoms with Crippen LogP contribution >= 0.6 is 0 Å². The van der Waals surface area contributed by atoms with E-state index in [4.69, 9.17) is 15.9 Å². The van der Waals surface area contributed by atoms with Crippen LogP contribution in [0.25, 0.3) is 0 Å². The summed E-state index contributed by atoms with van der Waals surface area (Å²) in [6.45, 7) is 2.74. The number of hydrogen-bond acceptors (Lipinski definition) is 2. The minimum atomic E-state index is 0.0708. The average Bonchev–Trinajstić information content (AvgIpc) is 3.01. The van der Waals surface area contributed by atoms with Crippen LogP contribution in [-0.4, -0.2) is 12.4 Å². The number of hydrogen-bond donors (Lipinski definition) is 2. The van der Waals surface area contributed by atoms with Gasteiger partial charge in [-0.05, 0) is 37.0 Å². The highest BCUT2D eigenvalue weighted by molar-refractivity contribution is 5.97. The monoisotopic (exact) mass is 218 g/mol. The number of ether oxygens (including phenoxy) is 1. The summed E-state index contributed by atoms with van der Waals surface area (Å²) in [5.74, 6) is 1.68. The SMILES string of the molecule is Cc1ccc(C(=N)N)c(OCCC2CC2)c1. The molecule has 1 aromatic carbocycles. The molecule has 0 aromatic heterocycles. The molecule has 0 unspecified atom stereocenters. The summed E-state index contributed by atoms with van der Waals surface area (Å²) in [7, 11) is 0. The Kier molecular flexibility index (Phi) is 3.13. The molecule has 0 radical (unpaired) electrons. The molecule has 16 heavy (non-hydrogen) atoms. The van der Waals surface area contributed by atoms with Crippen molar-refractivity contribution in [2.24, 2.45) is 11.7 Å². The maximum absolute atomic E-state index is 7.48. The van der Waals surface area contributed by atoms with E-state index in [1.165, 1.54) is 12.8 Å². The lowest BCUT2D eigenvalue weighted by atomic mass is 10.1. The van der Waals surface area contributed by atoms with Crippen molar-refractivity contribution in [2.45, 2.75) is 26.2 Å². The maximum Gasteiger partial charge on any atom is 0.130 e. The van der Waals surface area contributed by atoms with Crippen LogP contribution in [0.3, 0.4) is 0 Å². The van der Waals surface area contributed by atoms with Gasteiger partial charge in [-0.1, -0.05) is 18.9 Å². The van der Waals surface area contributed by atoms with Crippen molar-refractivity contribution in [1.29, 1.82) is 5.41 Å². The molecule has 0 bridgehead atoms. The highest BCUT2D eigenvalue weighted by atomic mass is 16.5. The van der Waals surface area contributed by atoms with Crippen molar-refractivity contribution in [2.75, 3.05) is 6.61 Å².